The minimum atomic E-state index is -1.07. The molecule has 16 heavy (non-hydrogen) atoms. The van der Waals surface area contributed by atoms with Crippen LogP contribution < -0.4 is 5.32 Å². The predicted molar refractivity (Wildman–Crippen MR) is 62.4 cm³/mol. The van der Waals surface area contributed by atoms with Gasteiger partial charge in [-0.25, -0.2) is 4.79 Å². The van der Waals surface area contributed by atoms with E-state index in [1.165, 1.54) is 32.1 Å². The summed E-state index contributed by atoms with van der Waals surface area (Å²) in [6.45, 7) is 1.71. The van der Waals surface area contributed by atoms with Crippen molar-refractivity contribution in [3.05, 3.63) is 0 Å². The van der Waals surface area contributed by atoms with Crippen LogP contribution in [-0.2, 0) is 0 Å². The Bertz CT molecular complexity index is 214. The van der Waals surface area contributed by atoms with Crippen LogP contribution in [0.2, 0.25) is 0 Å². The van der Waals surface area contributed by atoms with Crippen molar-refractivity contribution in [3.63, 3.8) is 0 Å². The van der Waals surface area contributed by atoms with Crippen molar-refractivity contribution in [3.8, 4) is 0 Å². The number of carboxylic acid groups (broad SMARTS) is 1. The summed E-state index contributed by atoms with van der Waals surface area (Å²) in [5, 5.41) is 20.6. The maximum absolute atomic E-state index is 10.4. The summed E-state index contributed by atoms with van der Waals surface area (Å²) < 4.78 is 0. The van der Waals surface area contributed by atoms with Crippen molar-refractivity contribution in [2.45, 2.75) is 64.0 Å². The average Bonchev–Trinajstić information content (AvgIpc) is 2.26. The van der Waals surface area contributed by atoms with Gasteiger partial charge in [-0.15, -0.1) is 0 Å². The highest BCUT2D eigenvalue weighted by atomic mass is 16.4. The highest BCUT2D eigenvalue weighted by Gasteiger charge is 2.19. The van der Waals surface area contributed by atoms with Gasteiger partial charge in [-0.2, -0.15) is 0 Å². The number of hydrogen-bond donors (Lipinski definition) is 3. The number of hydrogen-bond acceptors (Lipinski definition) is 2. The number of rotatable bonds is 5. The zero-order chi connectivity index (χ0) is 12.0. The Balaban J connectivity index is 2.17. The van der Waals surface area contributed by atoms with Crippen LogP contribution in [0.5, 0.6) is 0 Å². The molecule has 1 aliphatic rings. The third-order valence-corrected chi connectivity index (χ3v) is 3.52. The maximum atomic E-state index is 10.4. The number of amides is 1. The molecule has 0 bridgehead atoms. The summed E-state index contributed by atoms with van der Waals surface area (Å²) in [6.07, 6.45) is 6.60. The Hall–Kier alpha value is -0.770. The molecule has 94 valence electrons. The topological polar surface area (TPSA) is 69.6 Å². The van der Waals surface area contributed by atoms with Gasteiger partial charge in [0.15, 0.2) is 0 Å². The van der Waals surface area contributed by atoms with Gasteiger partial charge < -0.3 is 15.5 Å². The number of carbonyl (C=O) groups is 1. The van der Waals surface area contributed by atoms with Gasteiger partial charge in [-0.05, 0) is 25.7 Å². The van der Waals surface area contributed by atoms with Gasteiger partial charge in [-0.1, -0.05) is 32.1 Å². The molecule has 0 aliphatic heterocycles. The van der Waals surface area contributed by atoms with Gasteiger partial charge in [-0.3, -0.25) is 0 Å². The standard InChI is InChI=1S/C12H23NO3/c1-9(13-12(15)16)11(14)8-7-10-5-3-2-4-6-10/h9-11,13-14H,2-8H2,1H3,(H,15,16). The van der Waals surface area contributed by atoms with E-state index in [1.807, 2.05) is 0 Å². The van der Waals surface area contributed by atoms with Gasteiger partial charge in [0, 0.05) is 0 Å². The fourth-order valence-corrected chi connectivity index (χ4v) is 2.42. The fraction of sp³-hybridized carbons (Fsp3) is 0.917. The summed E-state index contributed by atoms with van der Waals surface area (Å²) >= 11 is 0. The summed E-state index contributed by atoms with van der Waals surface area (Å²) in [7, 11) is 0. The van der Waals surface area contributed by atoms with E-state index in [-0.39, 0.29) is 6.04 Å². The van der Waals surface area contributed by atoms with Crippen molar-refractivity contribution in [2.24, 2.45) is 5.92 Å². The lowest BCUT2D eigenvalue weighted by molar-refractivity contribution is 0.109. The molecule has 1 aliphatic carbocycles. The predicted octanol–water partition coefficient (Wildman–Crippen LogP) is 2.36. The summed E-state index contributed by atoms with van der Waals surface area (Å²) in [6, 6.07) is -0.374. The number of aliphatic hydroxyl groups is 1. The molecule has 4 heteroatoms. The highest BCUT2D eigenvalue weighted by molar-refractivity contribution is 5.64. The highest BCUT2D eigenvalue weighted by Crippen LogP contribution is 2.27. The molecule has 2 unspecified atom stereocenters. The third kappa shape index (κ3) is 4.84. The molecule has 0 aromatic carbocycles. The molecule has 0 aromatic heterocycles. The van der Waals surface area contributed by atoms with E-state index in [2.05, 4.69) is 5.32 Å². The lowest BCUT2D eigenvalue weighted by atomic mass is 9.85. The molecule has 1 saturated carbocycles. The SMILES string of the molecule is CC(NC(=O)O)C(O)CCC1CCCCC1. The van der Waals surface area contributed by atoms with Crippen molar-refractivity contribution >= 4 is 6.09 Å². The lowest BCUT2D eigenvalue weighted by Gasteiger charge is -2.24. The minimum Gasteiger partial charge on any atom is -0.465 e. The largest absolute Gasteiger partial charge is 0.465 e. The van der Waals surface area contributed by atoms with Crippen LogP contribution in [0.1, 0.15) is 51.9 Å². The van der Waals surface area contributed by atoms with Gasteiger partial charge in [0.05, 0.1) is 12.1 Å². The Morgan fingerprint density at radius 1 is 1.38 bits per heavy atom. The second-order valence-corrected chi connectivity index (χ2v) is 4.89. The van der Waals surface area contributed by atoms with Crippen LogP contribution in [0, 0.1) is 5.92 Å². The molecular weight excluding hydrogens is 206 g/mol. The van der Waals surface area contributed by atoms with Crippen LogP contribution in [0.25, 0.3) is 0 Å². The van der Waals surface area contributed by atoms with Crippen molar-refractivity contribution in [2.75, 3.05) is 0 Å². The zero-order valence-electron chi connectivity index (χ0n) is 9.98. The van der Waals surface area contributed by atoms with Gasteiger partial charge in [0.2, 0.25) is 0 Å². The normalized spacial score (nSPS) is 21.4. The van der Waals surface area contributed by atoms with E-state index in [4.69, 9.17) is 5.11 Å². The van der Waals surface area contributed by atoms with Crippen LogP contribution in [0.15, 0.2) is 0 Å². The molecule has 3 N–H and O–H groups in total. The first-order valence-electron chi connectivity index (χ1n) is 6.27. The molecule has 0 heterocycles. The van der Waals surface area contributed by atoms with Crippen molar-refractivity contribution < 1.29 is 15.0 Å². The van der Waals surface area contributed by atoms with Crippen molar-refractivity contribution in [1.82, 2.24) is 5.32 Å². The Labute approximate surface area is 97.0 Å². The molecule has 0 saturated heterocycles. The summed E-state index contributed by atoms with van der Waals surface area (Å²) in [5.74, 6) is 0.737. The molecule has 4 nitrogen and oxygen atoms in total. The van der Waals surface area contributed by atoms with Gasteiger partial charge in [0.1, 0.15) is 0 Å². The second kappa shape index (κ2) is 6.74. The quantitative estimate of drug-likeness (QED) is 0.678. The monoisotopic (exact) mass is 229 g/mol. The minimum absolute atomic E-state index is 0.374. The first-order chi connectivity index (χ1) is 7.59. The van der Waals surface area contributed by atoms with Crippen LogP contribution >= 0.6 is 0 Å². The molecule has 0 aromatic rings. The van der Waals surface area contributed by atoms with Crippen LogP contribution in [-0.4, -0.2) is 28.5 Å². The van der Waals surface area contributed by atoms with Gasteiger partial charge in [0.25, 0.3) is 0 Å². The molecule has 0 spiro atoms. The maximum Gasteiger partial charge on any atom is 0.404 e. The smallest absolute Gasteiger partial charge is 0.404 e. The molecular formula is C12H23NO3. The van der Waals surface area contributed by atoms with Crippen LogP contribution in [0.4, 0.5) is 4.79 Å². The molecule has 1 rings (SSSR count). The Morgan fingerprint density at radius 3 is 2.56 bits per heavy atom. The number of nitrogens with one attached hydrogen (secondary N) is 1. The lowest BCUT2D eigenvalue weighted by Crippen LogP contribution is -2.40. The molecule has 1 amide bonds. The van der Waals surface area contributed by atoms with E-state index in [0.29, 0.717) is 6.42 Å². The first-order valence-corrected chi connectivity index (χ1v) is 6.27. The Kier molecular flexibility index (Phi) is 5.60. The number of aliphatic hydroxyl groups excluding tert-OH is 1. The van der Waals surface area contributed by atoms with Crippen LogP contribution in [0.3, 0.4) is 0 Å². The average molecular weight is 229 g/mol. The van der Waals surface area contributed by atoms with E-state index in [0.717, 1.165) is 12.3 Å². The van der Waals surface area contributed by atoms with E-state index in [9.17, 15) is 9.90 Å². The second-order valence-electron chi connectivity index (χ2n) is 4.89. The zero-order valence-corrected chi connectivity index (χ0v) is 9.98. The molecule has 2 atom stereocenters. The van der Waals surface area contributed by atoms with E-state index < -0.39 is 12.2 Å². The summed E-state index contributed by atoms with van der Waals surface area (Å²) in [4.78, 5) is 10.4. The fourth-order valence-electron chi connectivity index (χ4n) is 2.42. The van der Waals surface area contributed by atoms with Crippen molar-refractivity contribution in [1.29, 1.82) is 0 Å². The molecule has 1 fully saturated rings. The van der Waals surface area contributed by atoms with E-state index >= 15 is 0 Å². The Morgan fingerprint density at radius 2 is 2.00 bits per heavy atom. The third-order valence-electron chi connectivity index (χ3n) is 3.52. The van der Waals surface area contributed by atoms with Gasteiger partial charge >= 0.3 is 6.09 Å². The molecule has 0 radical (unpaired) electrons. The summed E-state index contributed by atoms with van der Waals surface area (Å²) in [5.41, 5.74) is 0. The van der Waals surface area contributed by atoms with E-state index in [1.54, 1.807) is 6.92 Å². The first kappa shape index (κ1) is 13.3.